The molecule has 0 aliphatic heterocycles. The minimum absolute atomic E-state index is 0.198. The third-order valence-corrected chi connectivity index (χ3v) is 3.94. The molecule has 0 aromatic carbocycles. The molecule has 1 saturated carbocycles. The molecule has 2 heteroatoms. The normalized spacial score (nSPS) is 33.9. The Balaban J connectivity index is 1.75. The van der Waals surface area contributed by atoms with Crippen LogP contribution in [0, 0.1) is 17.8 Å². The van der Waals surface area contributed by atoms with Gasteiger partial charge in [0.05, 0.1) is 0 Å². The van der Waals surface area contributed by atoms with Gasteiger partial charge in [-0.3, -0.25) is 4.79 Å². The maximum Gasteiger partial charge on any atom is 0.219 e. The third kappa shape index (κ3) is 2.61. The highest BCUT2D eigenvalue weighted by molar-refractivity contribution is 5.72. The van der Waals surface area contributed by atoms with Crippen LogP contribution in [0.25, 0.3) is 0 Å². The summed E-state index contributed by atoms with van der Waals surface area (Å²) in [6.07, 6.45) is 9.87. The van der Waals surface area contributed by atoms with Crippen LogP contribution in [0.2, 0.25) is 0 Å². The SMILES string of the molecule is CC(=O)N(C)CC1CC1C1CC=CCC1. The fourth-order valence-corrected chi connectivity index (χ4v) is 2.74. The lowest BCUT2D eigenvalue weighted by atomic mass is 9.89. The van der Waals surface area contributed by atoms with Crippen molar-refractivity contribution in [2.75, 3.05) is 13.6 Å². The third-order valence-electron chi connectivity index (χ3n) is 3.94. The maximum absolute atomic E-state index is 11.1. The Hall–Kier alpha value is -0.790. The number of hydrogen-bond donors (Lipinski definition) is 0. The summed E-state index contributed by atoms with van der Waals surface area (Å²) in [7, 11) is 1.92. The van der Waals surface area contributed by atoms with Gasteiger partial charge in [-0.05, 0) is 43.4 Å². The highest BCUT2D eigenvalue weighted by atomic mass is 16.2. The first-order valence-corrected chi connectivity index (χ1v) is 6.05. The van der Waals surface area contributed by atoms with Gasteiger partial charge in [0.2, 0.25) is 5.91 Å². The maximum atomic E-state index is 11.1. The van der Waals surface area contributed by atoms with Crippen LogP contribution in [0.15, 0.2) is 12.2 Å². The lowest BCUT2D eigenvalue weighted by molar-refractivity contribution is -0.127. The molecule has 1 fully saturated rings. The molecule has 2 aliphatic carbocycles. The van der Waals surface area contributed by atoms with E-state index in [9.17, 15) is 4.79 Å². The summed E-state index contributed by atoms with van der Waals surface area (Å²) in [4.78, 5) is 13.0. The minimum Gasteiger partial charge on any atom is -0.346 e. The first-order valence-electron chi connectivity index (χ1n) is 6.05. The van der Waals surface area contributed by atoms with E-state index < -0.39 is 0 Å². The predicted octanol–water partition coefficient (Wildman–Crippen LogP) is 2.46. The van der Waals surface area contributed by atoms with Crippen LogP contribution in [-0.4, -0.2) is 24.4 Å². The summed E-state index contributed by atoms with van der Waals surface area (Å²) in [5.41, 5.74) is 0. The molecule has 0 N–H and O–H groups in total. The predicted molar refractivity (Wildman–Crippen MR) is 61.4 cm³/mol. The van der Waals surface area contributed by atoms with E-state index >= 15 is 0 Å². The average Bonchev–Trinajstić information content (AvgIpc) is 2.98. The van der Waals surface area contributed by atoms with Crippen LogP contribution < -0.4 is 0 Å². The van der Waals surface area contributed by atoms with Gasteiger partial charge >= 0.3 is 0 Å². The van der Waals surface area contributed by atoms with Gasteiger partial charge in [-0.15, -0.1) is 0 Å². The van der Waals surface area contributed by atoms with E-state index in [1.807, 2.05) is 11.9 Å². The average molecular weight is 207 g/mol. The molecule has 1 amide bonds. The summed E-state index contributed by atoms with van der Waals surface area (Å²) in [5, 5.41) is 0. The van der Waals surface area contributed by atoms with Crippen LogP contribution >= 0.6 is 0 Å². The molecule has 2 rings (SSSR count). The molecule has 0 saturated heterocycles. The molecule has 84 valence electrons. The number of allylic oxidation sites excluding steroid dienone is 2. The molecular formula is C13H21NO. The second kappa shape index (κ2) is 4.38. The molecule has 2 aliphatic rings. The van der Waals surface area contributed by atoms with Crippen molar-refractivity contribution in [2.24, 2.45) is 17.8 Å². The number of carbonyl (C=O) groups excluding carboxylic acids is 1. The second-order valence-corrected chi connectivity index (χ2v) is 5.10. The molecule has 0 radical (unpaired) electrons. The van der Waals surface area contributed by atoms with Gasteiger partial charge in [0, 0.05) is 20.5 Å². The molecule has 0 heterocycles. The summed E-state index contributed by atoms with van der Waals surface area (Å²) in [5.74, 6) is 2.79. The van der Waals surface area contributed by atoms with Gasteiger partial charge in [0.15, 0.2) is 0 Å². The summed E-state index contributed by atoms with van der Waals surface area (Å²) in [6.45, 7) is 2.63. The van der Waals surface area contributed by atoms with Gasteiger partial charge in [0.1, 0.15) is 0 Å². The zero-order valence-corrected chi connectivity index (χ0v) is 9.78. The number of rotatable bonds is 3. The Kier molecular flexibility index (Phi) is 3.13. The van der Waals surface area contributed by atoms with E-state index in [0.29, 0.717) is 0 Å². The standard InChI is InChI=1S/C13H21NO/c1-10(15)14(2)9-12-8-13(12)11-6-4-3-5-7-11/h3-4,11-13H,5-9H2,1-2H3. The molecule has 2 nitrogen and oxygen atoms in total. The first-order chi connectivity index (χ1) is 7.18. The van der Waals surface area contributed by atoms with Gasteiger partial charge in [-0.2, -0.15) is 0 Å². The van der Waals surface area contributed by atoms with Crippen LogP contribution in [0.3, 0.4) is 0 Å². The number of carbonyl (C=O) groups is 1. The minimum atomic E-state index is 0.198. The van der Waals surface area contributed by atoms with Crippen LogP contribution in [0.4, 0.5) is 0 Å². The molecular weight excluding hydrogens is 186 g/mol. The smallest absolute Gasteiger partial charge is 0.219 e. The zero-order chi connectivity index (χ0) is 10.8. The largest absolute Gasteiger partial charge is 0.346 e. The summed E-state index contributed by atoms with van der Waals surface area (Å²) < 4.78 is 0. The van der Waals surface area contributed by atoms with Crippen molar-refractivity contribution >= 4 is 5.91 Å². The van der Waals surface area contributed by atoms with Crippen molar-refractivity contribution in [2.45, 2.75) is 32.6 Å². The van der Waals surface area contributed by atoms with Crippen molar-refractivity contribution in [3.63, 3.8) is 0 Å². The van der Waals surface area contributed by atoms with Crippen molar-refractivity contribution in [1.29, 1.82) is 0 Å². The fourth-order valence-electron chi connectivity index (χ4n) is 2.74. The van der Waals surface area contributed by atoms with E-state index in [-0.39, 0.29) is 5.91 Å². The van der Waals surface area contributed by atoms with Gasteiger partial charge in [0.25, 0.3) is 0 Å². The lowest BCUT2D eigenvalue weighted by Gasteiger charge is -2.19. The zero-order valence-electron chi connectivity index (χ0n) is 9.78. The van der Waals surface area contributed by atoms with Crippen molar-refractivity contribution in [3.05, 3.63) is 12.2 Å². The van der Waals surface area contributed by atoms with Crippen LogP contribution in [0.5, 0.6) is 0 Å². The highest BCUT2D eigenvalue weighted by Crippen LogP contribution is 2.48. The van der Waals surface area contributed by atoms with Crippen molar-refractivity contribution < 1.29 is 4.79 Å². The van der Waals surface area contributed by atoms with Crippen molar-refractivity contribution in [1.82, 2.24) is 4.90 Å². The quantitative estimate of drug-likeness (QED) is 0.651. The molecule has 15 heavy (non-hydrogen) atoms. The van der Waals surface area contributed by atoms with Crippen LogP contribution in [-0.2, 0) is 4.79 Å². The Morgan fingerprint density at radius 3 is 2.87 bits per heavy atom. The van der Waals surface area contributed by atoms with E-state index in [2.05, 4.69) is 12.2 Å². The lowest BCUT2D eigenvalue weighted by Crippen LogP contribution is -2.26. The molecule has 3 unspecified atom stereocenters. The topological polar surface area (TPSA) is 20.3 Å². The van der Waals surface area contributed by atoms with Crippen LogP contribution in [0.1, 0.15) is 32.6 Å². The Morgan fingerprint density at radius 2 is 2.27 bits per heavy atom. The van der Waals surface area contributed by atoms with Crippen molar-refractivity contribution in [3.8, 4) is 0 Å². The monoisotopic (exact) mass is 207 g/mol. The van der Waals surface area contributed by atoms with E-state index in [1.165, 1.54) is 25.7 Å². The molecule has 0 bridgehead atoms. The number of nitrogens with zero attached hydrogens (tertiary/aromatic N) is 1. The highest BCUT2D eigenvalue weighted by Gasteiger charge is 2.42. The number of hydrogen-bond acceptors (Lipinski definition) is 1. The molecule has 0 aromatic heterocycles. The Morgan fingerprint density at radius 1 is 1.47 bits per heavy atom. The molecule has 0 spiro atoms. The Bertz CT molecular complexity index is 272. The van der Waals surface area contributed by atoms with Gasteiger partial charge < -0.3 is 4.90 Å². The van der Waals surface area contributed by atoms with Gasteiger partial charge in [-0.1, -0.05) is 12.2 Å². The fraction of sp³-hybridized carbons (Fsp3) is 0.769. The molecule has 3 atom stereocenters. The van der Waals surface area contributed by atoms with E-state index in [1.54, 1.807) is 6.92 Å². The summed E-state index contributed by atoms with van der Waals surface area (Å²) >= 11 is 0. The van der Waals surface area contributed by atoms with E-state index in [4.69, 9.17) is 0 Å². The molecule has 0 aromatic rings. The number of amides is 1. The van der Waals surface area contributed by atoms with E-state index in [0.717, 1.165) is 24.3 Å². The Labute approximate surface area is 92.3 Å². The first kappa shape index (κ1) is 10.7. The van der Waals surface area contributed by atoms with Gasteiger partial charge in [-0.25, -0.2) is 0 Å². The summed E-state index contributed by atoms with van der Waals surface area (Å²) in [6, 6.07) is 0. The second-order valence-electron chi connectivity index (χ2n) is 5.10.